The minimum atomic E-state index is -0.723. The van der Waals surface area contributed by atoms with Gasteiger partial charge in [-0.05, 0) is 87.9 Å². The number of aldehydes is 1. The Morgan fingerprint density at radius 1 is 0.648 bits per heavy atom. The van der Waals surface area contributed by atoms with Crippen molar-refractivity contribution in [1.29, 1.82) is 0 Å². The summed E-state index contributed by atoms with van der Waals surface area (Å²) in [6.45, 7) is 18.8. The molecule has 0 unspecified atom stereocenters. The highest BCUT2D eigenvalue weighted by molar-refractivity contribution is 6.10. The van der Waals surface area contributed by atoms with Gasteiger partial charge >= 0.3 is 6.09 Å². The summed E-state index contributed by atoms with van der Waals surface area (Å²) >= 11 is 0. The number of carbonyl (C=O) groups excluding carboxylic acids is 4. The van der Waals surface area contributed by atoms with Crippen molar-refractivity contribution in [3.05, 3.63) is 65.2 Å². The molecular weight excluding hydrogens is 690 g/mol. The Morgan fingerprint density at radius 3 is 1.61 bits per heavy atom. The van der Waals surface area contributed by atoms with Crippen molar-refractivity contribution in [2.45, 2.75) is 93.6 Å². The molecule has 294 valence electrons. The zero-order chi connectivity index (χ0) is 39.8. The highest BCUT2D eigenvalue weighted by Gasteiger charge is 2.23. The zero-order valence-corrected chi connectivity index (χ0v) is 33.2. The third kappa shape index (κ3) is 13.9. The van der Waals surface area contributed by atoms with E-state index in [9.17, 15) is 19.2 Å². The average Bonchev–Trinajstić information content (AvgIpc) is 3.10. The molecule has 12 nitrogen and oxygen atoms in total. The number of carbonyl (C=O) groups is 4. The third-order valence-corrected chi connectivity index (χ3v) is 7.49. The van der Waals surface area contributed by atoms with Crippen molar-refractivity contribution in [3.8, 4) is 23.0 Å². The van der Waals surface area contributed by atoms with Crippen LogP contribution in [-0.4, -0.2) is 56.2 Å². The summed E-state index contributed by atoms with van der Waals surface area (Å²) in [4.78, 5) is 52.3. The first-order valence-corrected chi connectivity index (χ1v) is 18.7. The second kappa shape index (κ2) is 20.8. The second-order valence-electron chi connectivity index (χ2n) is 14.8. The van der Waals surface area contributed by atoms with E-state index in [1.807, 2.05) is 41.5 Å². The third-order valence-electron chi connectivity index (χ3n) is 7.49. The van der Waals surface area contributed by atoms with E-state index in [1.54, 1.807) is 57.2 Å². The minimum Gasteiger partial charge on any atom is -0.493 e. The van der Waals surface area contributed by atoms with E-state index in [4.69, 9.17) is 23.7 Å². The van der Waals surface area contributed by atoms with Gasteiger partial charge in [0.05, 0.1) is 48.9 Å². The summed E-state index contributed by atoms with van der Waals surface area (Å²) in [5, 5.41) is 8.55. The highest BCUT2D eigenvalue weighted by atomic mass is 16.6. The van der Waals surface area contributed by atoms with Crippen LogP contribution in [0.2, 0.25) is 0 Å². The summed E-state index contributed by atoms with van der Waals surface area (Å²) in [6, 6.07) is 12.6. The van der Waals surface area contributed by atoms with E-state index in [0.29, 0.717) is 67.0 Å². The predicted octanol–water partition coefficient (Wildman–Crippen LogP) is 9.78. The van der Waals surface area contributed by atoms with Gasteiger partial charge < -0.3 is 34.3 Å². The van der Waals surface area contributed by atoms with Gasteiger partial charge in [0.15, 0.2) is 0 Å². The molecule has 0 aromatic heterocycles. The van der Waals surface area contributed by atoms with Crippen LogP contribution in [0.25, 0.3) is 0 Å². The largest absolute Gasteiger partial charge is 0.493 e. The lowest BCUT2D eigenvalue weighted by Crippen LogP contribution is -2.27. The fourth-order valence-electron chi connectivity index (χ4n) is 4.80. The van der Waals surface area contributed by atoms with Crippen molar-refractivity contribution in [2.75, 3.05) is 42.4 Å². The van der Waals surface area contributed by atoms with E-state index in [1.165, 1.54) is 12.1 Å². The smallest absolute Gasteiger partial charge is 0.412 e. The molecule has 0 aliphatic heterocycles. The lowest BCUT2D eigenvalue weighted by molar-refractivity contribution is 0.0635. The summed E-state index contributed by atoms with van der Waals surface area (Å²) in [5.41, 5.74) is 0.735. The molecule has 0 atom stereocenters. The molecule has 0 heterocycles. The molecule has 0 bridgehead atoms. The van der Waals surface area contributed by atoms with E-state index < -0.39 is 23.5 Å². The molecule has 0 saturated heterocycles. The van der Waals surface area contributed by atoms with Crippen molar-refractivity contribution >= 4 is 41.3 Å². The second-order valence-corrected chi connectivity index (χ2v) is 14.8. The van der Waals surface area contributed by atoms with Gasteiger partial charge in [0.2, 0.25) is 0 Å². The van der Waals surface area contributed by atoms with Gasteiger partial charge in [-0.15, -0.1) is 0 Å². The number of unbranched alkanes of at least 4 members (excludes halogenated alkanes) is 2. The molecule has 12 heteroatoms. The van der Waals surface area contributed by atoms with Gasteiger partial charge in [0.1, 0.15) is 34.9 Å². The number of hydrogen-bond donors (Lipinski definition) is 3. The molecule has 3 aromatic carbocycles. The molecule has 0 radical (unpaired) electrons. The Morgan fingerprint density at radius 2 is 1.15 bits per heavy atom. The maximum atomic E-state index is 14.2. The van der Waals surface area contributed by atoms with Gasteiger partial charge in [-0.1, -0.05) is 54.4 Å². The summed E-state index contributed by atoms with van der Waals surface area (Å²) < 4.78 is 29.7. The Balaban J connectivity index is 2.11. The quantitative estimate of drug-likeness (QED) is 0.0758. The number of rotatable bonds is 20. The van der Waals surface area contributed by atoms with E-state index in [-0.39, 0.29) is 34.3 Å². The van der Waals surface area contributed by atoms with Crippen LogP contribution in [-0.2, 0) is 4.74 Å². The van der Waals surface area contributed by atoms with Crippen LogP contribution < -0.4 is 34.9 Å². The first-order valence-electron chi connectivity index (χ1n) is 18.7. The van der Waals surface area contributed by atoms with Gasteiger partial charge in [0.25, 0.3) is 11.8 Å². The Bertz CT molecular complexity index is 1730. The zero-order valence-electron chi connectivity index (χ0n) is 33.2. The van der Waals surface area contributed by atoms with Crippen molar-refractivity contribution in [3.63, 3.8) is 0 Å². The molecular formula is C42H57N3O9. The van der Waals surface area contributed by atoms with Crippen molar-refractivity contribution in [2.24, 2.45) is 11.8 Å². The molecule has 0 aliphatic carbocycles. The predicted molar refractivity (Wildman–Crippen MR) is 212 cm³/mol. The molecule has 0 spiro atoms. The highest BCUT2D eigenvalue weighted by Crippen LogP contribution is 2.39. The maximum absolute atomic E-state index is 14.2. The first-order chi connectivity index (χ1) is 25.6. The Labute approximate surface area is 319 Å². The normalized spacial score (nSPS) is 11.2. The van der Waals surface area contributed by atoms with Crippen molar-refractivity contribution < 1.29 is 42.9 Å². The molecule has 0 fully saturated rings. The van der Waals surface area contributed by atoms with Crippen LogP contribution >= 0.6 is 0 Å². The molecule has 3 rings (SSSR count). The van der Waals surface area contributed by atoms with E-state index in [0.717, 1.165) is 25.7 Å². The summed E-state index contributed by atoms with van der Waals surface area (Å²) in [7, 11) is 0. The number of amides is 3. The standard InChI is InChI=1S/C42H57N3O9/c1-10-12-18-50-35-16-14-29(24-46)20-31(35)39(47)44-33-22-34(38(53-26-28(5)6)23-37(33)52-25-27(3)4)45-40(48)32-21-30(43-41(49)54-42(7,8)9)15-17-36(32)51-19-13-11-2/h14-17,20-24,27-28H,10-13,18-19,25-26H2,1-9H3,(H,43,49)(H,44,47)(H,45,48). The number of hydrogen-bond acceptors (Lipinski definition) is 9. The number of nitrogens with one attached hydrogen (secondary N) is 3. The van der Waals surface area contributed by atoms with Crippen LogP contribution in [0.1, 0.15) is 119 Å². The van der Waals surface area contributed by atoms with Gasteiger partial charge in [-0.25, -0.2) is 4.79 Å². The number of ether oxygens (including phenoxy) is 5. The lowest BCUT2D eigenvalue weighted by atomic mass is 10.1. The van der Waals surface area contributed by atoms with Crippen molar-refractivity contribution in [1.82, 2.24) is 0 Å². The lowest BCUT2D eigenvalue weighted by Gasteiger charge is -2.21. The van der Waals surface area contributed by atoms with Gasteiger partial charge in [-0.3, -0.25) is 19.7 Å². The van der Waals surface area contributed by atoms with Crippen LogP contribution in [0.5, 0.6) is 23.0 Å². The number of anilines is 3. The van der Waals surface area contributed by atoms with Crippen LogP contribution in [0, 0.1) is 11.8 Å². The maximum Gasteiger partial charge on any atom is 0.412 e. The average molecular weight is 748 g/mol. The minimum absolute atomic E-state index is 0.151. The first kappa shape index (κ1) is 43.1. The molecule has 3 aromatic rings. The van der Waals surface area contributed by atoms with Gasteiger partial charge in [-0.2, -0.15) is 0 Å². The van der Waals surface area contributed by atoms with Gasteiger partial charge in [0, 0.05) is 17.3 Å². The van der Waals surface area contributed by atoms with Crippen LogP contribution in [0.15, 0.2) is 48.5 Å². The van der Waals surface area contributed by atoms with Crippen LogP contribution in [0.3, 0.4) is 0 Å². The summed E-state index contributed by atoms with van der Waals surface area (Å²) in [5.74, 6) is 0.496. The molecule has 3 amide bonds. The SMILES string of the molecule is CCCCOc1ccc(C=O)cc1C(=O)Nc1cc(NC(=O)c2cc(NC(=O)OC(C)(C)C)ccc2OCCCC)c(OCC(C)C)cc1OCC(C)C. The number of benzene rings is 3. The Hall–Kier alpha value is -5.26. The van der Waals surface area contributed by atoms with E-state index in [2.05, 4.69) is 16.0 Å². The monoisotopic (exact) mass is 747 g/mol. The molecule has 0 saturated carbocycles. The Kier molecular flexibility index (Phi) is 16.7. The molecule has 54 heavy (non-hydrogen) atoms. The fraction of sp³-hybridized carbons (Fsp3) is 0.476. The fourth-order valence-corrected chi connectivity index (χ4v) is 4.80. The van der Waals surface area contributed by atoms with E-state index >= 15 is 0 Å². The molecule has 0 aliphatic rings. The topological polar surface area (TPSA) is 151 Å². The van der Waals surface area contributed by atoms with Crippen LogP contribution in [0.4, 0.5) is 21.9 Å². The molecule has 3 N–H and O–H groups in total. The summed E-state index contributed by atoms with van der Waals surface area (Å²) in [6.07, 6.45) is 3.34.